The fraction of sp³-hybridized carbons (Fsp3) is 0.583. The molecule has 9 heteroatoms. The van der Waals surface area contributed by atoms with Gasteiger partial charge in [0.05, 0.1) is 0 Å². The molecule has 0 aromatic rings. The van der Waals surface area contributed by atoms with Gasteiger partial charge in [-0.25, -0.2) is 8.78 Å². The van der Waals surface area contributed by atoms with Gasteiger partial charge in [-0.15, -0.1) is 0 Å². The molecule has 7 nitrogen and oxygen atoms in total. The zero-order valence-electron chi connectivity index (χ0n) is 19.5. The Labute approximate surface area is 194 Å². The van der Waals surface area contributed by atoms with Gasteiger partial charge in [0.25, 0.3) is 6.43 Å². The summed E-state index contributed by atoms with van der Waals surface area (Å²) in [4.78, 5) is 12.7. The summed E-state index contributed by atoms with van der Waals surface area (Å²) in [7, 11) is 0. The molecule has 2 unspecified atom stereocenters. The Balaban J connectivity index is 1.74. The smallest absolute Gasteiger partial charge is 0.263 e. The third-order valence-corrected chi connectivity index (χ3v) is 5.90. The number of amidine groups is 1. The van der Waals surface area contributed by atoms with Crippen LogP contribution >= 0.6 is 0 Å². The van der Waals surface area contributed by atoms with Gasteiger partial charge in [-0.2, -0.15) is 9.98 Å². The normalized spacial score (nSPS) is 23.6. The van der Waals surface area contributed by atoms with E-state index < -0.39 is 19.0 Å². The Morgan fingerprint density at radius 3 is 2.58 bits per heavy atom. The van der Waals surface area contributed by atoms with Crippen molar-refractivity contribution in [2.45, 2.75) is 71.5 Å². The molecular formula is C24H35F2N5O2. The fourth-order valence-corrected chi connectivity index (χ4v) is 3.88. The Morgan fingerprint density at radius 1 is 1.21 bits per heavy atom. The molecule has 2 atom stereocenters. The van der Waals surface area contributed by atoms with Crippen molar-refractivity contribution in [1.29, 1.82) is 0 Å². The highest BCUT2D eigenvalue weighted by atomic mass is 19.3. The molecule has 3 rings (SSSR count). The van der Waals surface area contributed by atoms with E-state index in [0.717, 1.165) is 19.3 Å². The minimum Gasteiger partial charge on any atom is -0.378 e. The van der Waals surface area contributed by atoms with E-state index >= 15 is 0 Å². The van der Waals surface area contributed by atoms with Crippen molar-refractivity contribution in [2.24, 2.45) is 15.9 Å². The summed E-state index contributed by atoms with van der Waals surface area (Å²) < 4.78 is 26.2. The highest BCUT2D eigenvalue weighted by molar-refractivity contribution is 6.04. The molecule has 0 aromatic heterocycles. The summed E-state index contributed by atoms with van der Waals surface area (Å²) in [6.07, 6.45) is 8.45. The minimum absolute atomic E-state index is 0.0430. The summed E-state index contributed by atoms with van der Waals surface area (Å²) in [5.41, 5.74) is 0.529. The number of piperidine rings is 1. The van der Waals surface area contributed by atoms with Crippen LogP contribution in [0.1, 0.15) is 46.5 Å². The molecule has 0 amide bonds. The van der Waals surface area contributed by atoms with Crippen molar-refractivity contribution in [3.63, 3.8) is 0 Å². The van der Waals surface area contributed by atoms with E-state index in [0.29, 0.717) is 37.0 Å². The Hall–Kier alpha value is -2.36. The lowest BCUT2D eigenvalue weighted by Gasteiger charge is -2.38. The molecule has 3 aliphatic rings. The molecule has 1 fully saturated rings. The topological polar surface area (TPSA) is 83.7 Å². The average Bonchev–Trinajstić information content (AvgIpc) is 3.04. The maximum Gasteiger partial charge on any atom is 0.263 e. The first-order valence-corrected chi connectivity index (χ1v) is 11.7. The van der Waals surface area contributed by atoms with E-state index in [-0.39, 0.29) is 17.5 Å². The Kier molecular flexibility index (Phi) is 8.94. The van der Waals surface area contributed by atoms with Crippen LogP contribution in [-0.2, 0) is 0 Å². The highest BCUT2D eigenvalue weighted by Gasteiger charge is 2.30. The first-order valence-electron chi connectivity index (χ1n) is 11.7. The zero-order chi connectivity index (χ0) is 24.0. The number of nitrogens with zero attached hydrogens (tertiary/aromatic N) is 4. The molecular weight excluding hydrogens is 428 g/mol. The van der Waals surface area contributed by atoms with Gasteiger partial charge in [0.1, 0.15) is 12.1 Å². The number of hydrogen-bond donors (Lipinski definition) is 3. The summed E-state index contributed by atoms with van der Waals surface area (Å²) >= 11 is 0. The maximum atomic E-state index is 13.1. The van der Waals surface area contributed by atoms with E-state index in [1.807, 2.05) is 37.8 Å². The predicted molar refractivity (Wildman–Crippen MR) is 127 cm³/mol. The largest absolute Gasteiger partial charge is 0.378 e. The first-order chi connectivity index (χ1) is 15.8. The van der Waals surface area contributed by atoms with Crippen LogP contribution in [0.2, 0.25) is 0 Å². The molecule has 1 saturated heterocycles. The van der Waals surface area contributed by atoms with Gasteiger partial charge >= 0.3 is 0 Å². The van der Waals surface area contributed by atoms with E-state index in [1.54, 1.807) is 17.1 Å². The van der Waals surface area contributed by atoms with Crippen LogP contribution in [0.4, 0.5) is 8.78 Å². The number of guanidine groups is 1. The van der Waals surface area contributed by atoms with Gasteiger partial charge < -0.3 is 15.1 Å². The number of likely N-dealkylation sites (tertiary alicyclic amines) is 1. The predicted octanol–water partition coefficient (Wildman–Crippen LogP) is 3.36. The lowest BCUT2D eigenvalue weighted by Crippen LogP contribution is -2.50. The molecule has 182 valence electrons. The van der Waals surface area contributed by atoms with E-state index in [9.17, 15) is 19.0 Å². The number of aliphatic hydroxyl groups is 2. The summed E-state index contributed by atoms with van der Waals surface area (Å²) in [6.45, 7) is 7.35. The molecule has 0 spiro atoms. The number of aliphatic imine (C=N–C) groups is 2. The second-order valence-electron chi connectivity index (χ2n) is 8.75. The molecule has 2 aliphatic heterocycles. The second-order valence-corrected chi connectivity index (χ2v) is 8.75. The lowest BCUT2D eigenvalue weighted by atomic mass is 10.0. The summed E-state index contributed by atoms with van der Waals surface area (Å²) in [6, 6.07) is 0.213. The first kappa shape index (κ1) is 25.3. The van der Waals surface area contributed by atoms with E-state index in [2.05, 4.69) is 10.3 Å². The number of alkyl halides is 2. The minimum atomic E-state index is -2.54. The van der Waals surface area contributed by atoms with E-state index in [4.69, 9.17) is 4.99 Å². The van der Waals surface area contributed by atoms with Gasteiger partial charge in [0, 0.05) is 30.4 Å². The van der Waals surface area contributed by atoms with Gasteiger partial charge in [0.2, 0.25) is 12.3 Å². The number of allylic oxidation sites excluding steroid dienone is 6. The monoisotopic (exact) mass is 463 g/mol. The zero-order valence-corrected chi connectivity index (χ0v) is 19.5. The van der Waals surface area contributed by atoms with Crippen molar-refractivity contribution >= 4 is 11.8 Å². The van der Waals surface area contributed by atoms with Crippen molar-refractivity contribution in [1.82, 2.24) is 15.1 Å². The molecule has 1 aliphatic carbocycles. The average molecular weight is 464 g/mol. The highest BCUT2D eigenvalue weighted by Crippen LogP contribution is 2.24. The molecule has 33 heavy (non-hydrogen) atoms. The number of rotatable bonds is 7. The van der Waals surface area contributed by atoms with Crippen molar-refractivity contribution in [3.05, 3.63) is 47.7 Å². The molecule has 0 aromatic carbocycles. The number of halogens is 2. The quantitative estimate of drug-likeness (QED) is 0.505. The van der Waals surface area contributed by atoms with Gasteiger partial charge in [-0.3, -0.25) is 10.2 Å². The SMILES string of the molecule is CC/C=C/C1=NC(N2CCC(NC(O)C(C)C)CC2)=NC(O)N1C1=CCC=C(C(F)F)C=C1. The maximum absolute atomic E-state index is 13.1. The Morgan fingerprint density at radius 2 is 1.94 bits per heavy atom. The number of hydrogen-bond acceptors (Lipinski definition) is 7. The standard InChI is InChI=1S/C24H35F2N5O2/c1-4-5-9-20-28-23(30-14-12-18(13-15-30)27-22(32)16(2)3)29-24(33)31(20)19-8-6-7-17(10-11-19)21(25)26/h5,7-11,16,18,21-22,24,27,32-33H,4,6,12-15H2,1-3H3/b9-5+. The van der Waals surface area contributed by atoms with Crippen LogP contribution in [-0.4, -0.2) is 69.9 Å². The number of aliphatic hydroxyl groups excluding tert-OH is 2. The Bertz CT molecular complexity index is 855. The molecule has 0 saturated carbocycles. The van der Waals surface area contributed by atoms with Gasteiger partial charge in [-0.1, -0.05) is 45.1 Å². The number of nitrogens with one attached hydrogen (secondary N) is 1. The van der Waals surface area contributed by atoms with Crippen LogP contribution in [0.5, 0.6) is 0 Å². The molecule has 2 heterocycles. The van der Waals surface area contributed by atoms with E-state index in [1.165, 1.54) is 12.2 Å². The van der Waals surface area contributed by atoms with Crippen LogP contribution in [0, 0.1) is 5.92 Å². The summed E-state index contributed by atoms with van der Waals surface area (Å²) in [5.74, 6) is 1.12. The fourth-order valence-electron chi connectivity index (χ4n) is 3.88. The van der Waals surface area contributed by atoms with Crippen molar-refractivity contribution in [2.75, 3.05) is 13.1 Å². The van der Waals surface area contributed by atoms with Crippen molar-refractivity contribution < 1.29 is 19.0 Å². The third-order valence-electron chi connectivity index (χ3n) is 5.90. The van der Waals surface area contributed by atoms with Crippen LogP contribution in [0.15, 0.2) is 57.7 Å². The van der Waals surface area contributed by atoms with Gasteiger partial charge in [0.15, 0.2) is 0 Å². The second kappa shape index (κ2) is 11.7. The molecule has 0 radical (unpaired) electrons. The van der Waals surface area contributed by atoms with Crippen LogP contribution < -0.4 is 5.32 Å². The van der Waals surface area contributed by atoms with Crippen LogP contribution in [0.3, 0.4) is 0 Å². The van der Waals surface area contributed by atoms with Crippen molar-refractivity contribution in [3.8, 4) is 0 Å². The molecule has 0 bridgehead atoms. The third kappa shape index (κ3) is 6.59. The summed E-state index contributed by atoms with van der Waals surface area (Å²) in [5, 5.41) is 24.3. The lowest BCUT2D eigenvalue weighted by molar-refractivity contribution is 0.0665. The van der Waals surface area contributed by atoms with Gasteiger partial charge in [-0.05, 0) is 43.8 Å². The molecule has 3 N–H and O–H groups in total. The van der Waals surface area contributed by atoms with Crippen LogP contribution in [0.25, 0.3) is 0 Å².